The number of nitrogens with zero attached hydrogens (tertiary/aromatic N) is 3. The van der Waals surface area contributed by atoms with Crippen LogP contribution in [0.25, 0.3) is 27.6 Å². The maximum atomic E-state index is 13.6. The van der Waals surface area contributed by atoms with Gasteiger partial charge in [-0.15, -0.1) is 0 Å². The molecule has 0 saturated heterocycles. The molecule has 0 aliphatic carbocycles. The van der Waals surface area contributed by atoms with E-state index in [0.29, 0.717) is 17.7 Å². The van der Waals surface area contributed by atoms with Gasteiger partial charge in [0.15, 0.2) is 0 Å². The molecule has 2 aromatic heterocycles. The van der Waals surface area contributed by atoms with E-state index >= 15 is 0 Å². The highest BCUT2D eigenvalue weighted by molar-refractivity contribution is 5.93. The second-order valence-electron chi connectivity index (χ2n) is 7.75. The van der Waals surface area contributed by atoms with Crippen LogP contribution in [0.3, 0.4) is 0 Å². The molecular formula is C25H21N3O3. The van der Waals surface area contributed by atoms with E-state index in [0.717, 1.165) is 27.5 Å². The van der Waals surface area contributed by atoms with Gasteiger partial charge in [0.25, 0.3) is 0 Å². The Morgan fingerprint density at radius 1 is 0.903 bits per heavy atom. The molecule has 0 saturated carbocycles. The van der Waals surface area contributed by atoms with E-state index in [1.54, 1.807) is 22.8 Å². The van der Waals surface area contributed by atoms with Crippen LogP contribution in [0.4, 0.5) is 0 Å². The van der Waals surface area contributed by atoms with Gasteiger partial charge in [0.2, 0.25) is 0 Å². The fraction of sp³-hybridized carbons (Fsp3) is 0.120. The normalized spacial score (nSPS) is 11.4. The van der Waals surface area contributed by atoms with Crippen LogP contribution in [0, 0.1) is 6.92 Å². The van der Waals surface area contributed by atoms with Crippen LogP contribution in [0.1, 0.15) is 21.5 Å². The predicted molar refractivity (Wildman–Crippen MR) is 121 cm³/mol. The Balaban J connectivity index is 1.78. The first-order valence-electron chi connectivity index (χ1n) is 10.0. The molecule has 0 bridgehead atoms. The molecule has 154 valence electrons. The average molecular weight is 411 g/mol. The Morgan fingerprint density at radius 2 is 1.58 bits per heavy atom. The zero-order valence-corrected chi connectivity index (χ0v) is 17.2. The SMILES string of the molecule is Cc1cccc2c1c(Cn1c(=O)n(-c3ccccc3C(=O)O)c3ccccc31)cn2C. The van der Waals surface area contributed by atoms with Crippen molar-refractivity contribution in [1.82, 2.24) is 13.7 Å². The number of aryl methyl sites for hydroxylation is 2. The Kier molecular flexibility index (Phi) is 4.29. The number of aromatic carboxylic acids is 1. The lowest BCUT2D eigenvalue weighted by molar-refractivity contribution is 0.0697. The lowest BCUT2D eigenvalue weighted by Crippen LogP contribution is -2.25. The number of carbonyl (C=O) groups is 1. The third kappa shape index (κ3) is 2.87. The molecular weight excluding hydrogens is 390 g/mol. The summed E-state index contributed by atoms with van der Waals surface area (Å²) in [6, 6.07) is 20.3. The fourth-order valence-electron chi connectivity index (χ4n) is 4.47. The summed E-state index contributed by atoms with van der Waals surface area (Å²) >= 11 is 0. The number of hydrogen-bond donors (Lipinski definition) is 1. The van der Waals surface area contributed by atoms with Gasteiger partial charge < -0.3 is 9.67 Å². The van der Waals surface area contributed by atoms with Gasteiger partial charge in [-0.25, -0.2) is 9.59 Å². The molecule has 0 amide bonds. The molecule has 5 aromatic rings. The first-order valence-corrected chi connectivity index (χ1v) is 10.0. The first kappa shape index (κ1) is 18.9. The molecule has 0 radical (unpaired) electrons. The number of para-hydroxylation sites is 3. The van der Waals surface area contributed by atoms with Crippen LogP contribution in [0.15, 0.2) is 77.7 Å². The Hall–Kier alpha value is -4.06. The van der Waals surface area contributed by atoms with Crippen LogP contribution in [0.5, 0.6) is 0 Å². The van der Waals surface area contributed by atoms with Crippen LogP contribution >= 0.6 is 0 Å². The smallest absolute Gasteiger partial charge is 0.337 e. The molecule has 31 heavy (non-hydrogen) atoms. The van der Waals surface area contributed by atoms with E-state index in [2.05, 4.69) is 29.8 Å². The zero-order valence-electron chi connectivity index (χ0n) is 17.2. The Bertz CT molecular complexity index is 1540. The molecule has 0 atom stereocenters. The summed E-state index contributed by atoms with van der Waals surface area (Å²) in [5.74, 6) is -1.07. The van der Waals surface area contributed by atoms with Crippen molar-refractivity contribution in [3.63, 3.8) is 0 Å². The molecule has 0 aliphatic rings. The Morgan fingerprint density at radius 3 is 2.35 bits per heavy atom. The third-order valence-electron chi connectivity index (χ3n) is 5.84. The molecule has 1 N–H and O–H groups in total. The second kappa shape index (κ2) is 7.02. The van der Waals surface area contributed by atoms with E-state index in [1.165, 1.54) is 10.6 Å². The number of carboxylic acid groups (broad SMARTS) is 1. The quantitative estimate of drug-likeness (QED) is 0.478. The van der Waals surface area contributed by atoms with Crippen molar-refractivity contribution in [1.29, 1.82) is 0 Å². The highest BCUT2D eigenvalue weighted by atomic mass is 16.4. The van der Waals surface area contributed by atoms with Gasteiger partial charge in [-0.1, -0.05) is 36.4 Å². The predicted octanol–water partition coefficient (Wildman–Crippen LogP) is 4.34. The van der Waals surface area contributed by atoms with Gasteiger partial charge in [-0.3, -0.25) is 9.13 Å². The fourth-order valence-corrected chi connectivity index (χ4v) is 4.47. The van der Waals surface area contributed by atoms with Crippen LogP contribution in [0.2, 0.25) is 0 Å². The van der Waals surface area contributed by atoms with Gasteiger partial charge >= 0.3 is 11.7 Å². The molecule has 3 aromatic carbocycles. The van der Waals surface area contributed by atoms with Crippen molar-refractivity contribution in [2.24, 2.45) is 7.05 Å². The van der Waals surface area contributed by atoms with Crippen LogP contribution in [-0.4, -0.2) is 24.8 Å². The summed E-state index contributed by atoms with van der Waals surface area (Å²) in [5.41, 5.74) is 4.95. The van der Waals surface area contributed by atoms with E-state index in [1.807, 2.05) is 37.4 Å². The van der Waals surface area contributed by atoms with Crippen LogP contribution in [-0.2, 0) is 13.6 Å². The van der Waals surface area contributed by atoms with Gasteiger partial charge in [-0.2, -0.15) is 0 Å². The maximum Gasteiger partial charge on any atom is 0.337 e. The zero-order chi connectivity index (χ0) is 21.7. The molecule has 0 aliphatic heterocycles. The minimum absolute atomic E-state index is 0.0912. The molecule has 2 heterocycles. The molecule has 6 nitrogen and oxygen atoms in total. The van der Waals surface area contributed by atoms with Gasteiger partial charge in [0, 0.05) is 24.1 Å². The molecule has 5 rings (SSSR count). The minimum atomic E-state index is -1.07. The number of hydrogen-bond acceptors (Lipinski definition) is 2. The van der Waals surface area contributed by atoms with Crippen molar-refractivity contribution < 1.29 is 9.90 Å². The monoisotopic (exact) mass is 411 g/mol. The van der Waals surface area contributed by atoms with Crippen molar-refractivity contribution in [3.8, 4) is 5.69 Å². The lowest BCUT2D eigenvalue weighted by Gasteiger charge is -2.07. The van der Waals surface area contributed by atoms with Crippen molar-refractivity contribution in [3.05, 3.63) is 100 Å². The minimum Gasteiger partial charge on any atom is -0.478 e. The van der Waals surface area contributed by atoms with E-state index in [9.17, 15) is 14.7 Å². The summed E-state index contributed by atoms with van der Waals surface area (Å²) in [6.07, 6.45) is 2.06. The largest absolute Gasteiger partial charge is 0.478 e. The van der Waals surface area contributed by atoms with Gasteiger partial charge in [0.1, 0.15) is 0 Å². The van der Waals surface area contributed by atoms with Crippen LogP contribution < -0.4 is 5.69 Å². The second-order valence-corrected chi connectivity index (χ2v) is 7.75. The molecule has 0 spiro atoms. The van der Waals surface area contributed by atoms with Crippen molar-refractivity contribution >= 4 is 27.9 Å². The van der Waals surface area contributed by atoms with E-state index in [4.69, 9.17) is 0 Å². The standard InChI is InChI=1S/C25H21N3O3/c1-16-8-7-13-22-23(16)17(14-26(22)2)15-27-20-11-5-6-12-21(20)28(25(27)31)19-10-4-3-9-18(19)24(29)30/h3-14H,15H2,1-2H3,(H,29,30). The summed E-state index contributed by atoms with van der Waals surface area (Å²) < 4.78 is 5.29. The highest BCUT2D eigenvalue weighted by Crippen LogP contribution is 2.27. The van der Waals surface area contributed by atoms with Gasteiger partial charge in [-0.05, 0) is 48.4 Å². The highest BCUT2D eigenvalue weighted by Gasteiger charge is 2.20. The number of imidazole rings is 1. The number of carboxylic acids is 1. The van der Waals surface area contributed by atoms with E-state index in [-0.39, 0.29) is 11.3 Å². The Labute approximate surface area is 178 Å². The maximum absolute atomic E-state index is 13.6. The number of fused-ring (bicyclic) bond motifs is 2. The van der Waals surface area contributed by atoms with Crippen molar-refractivity contribution in [2.75, 3.05) is 0 Å². The third-order valence-corrected chi connectivity index (χ3v) is 5.84. The van der Waals surface area contributed by atoms with E-state index < -0.39 is 5.97 Å². The van der Waals surface area contributed by atoms with Gasteiger partial charge in [0.05, 0.1) is 28.8 Å². The summed E-state index contributed by atoms with van der Waals surface area (Å²) in [6.45, 7) is 2.46. The summed E-state index contributed by atoms with van der Waals surface area (Å²) in [5, 5.41) is 10.8. The first-order chi connectivity index (χ1) is 15.0. The topological polar surface area (TPSA) is 69.2 Å². The number of benzene rings is 3. The number of rotatable bonds is 4. The lowest BCUT2D eigenvalue weighted by atomic mass is 10.1. The summed E-state index contributed by atoms with van der Waals surface area (Å²) in [4.78, 5) is 25.4. The summed E-state index contributed by atoms with van der Waals surface area (Å²) in [7, 11) is 2.00. The molecule has 0 fully saturated rings. The number of aromatic nitrogens is 3. The average Bonchev–Trinajstić information content (AvgIpc) is 3.23. The molecule has 0 unspecified atom stereocenters. The van der Waals surface area contributed by atoms with Crippen molar-refractivity contribution in [2.45, 2.75) is 13.5 Å². The molecule has 6 heteroatoms.